The Hall–Kier alpha value is -3.55. The minimum Gasteiger partial charge on any atom is -0.507 e. The highest BCUT2D eigenvalue weighted by Crippen LogP contribution is 2.52. The number of hydrogen-bond donors (Lipinski definition) is 4. The number of aliphatic hydroxyl groups is 2. The van der Waals surface area contributed by atoms with E-state index >= 15 is 0 Å². The van der Waals surface area contributed by atoms with E-state index in [4.69, 9.17) is 19.2 Å². The fourth-order valence-corrected chi connectivity index (χ4v) is 7.27. The predicted molar refractivity (Wildman–Crippen MR) is 172 cm³/mol. The first-order valence-corrected chi connectivity index (χ1v) is 15.7. The molecule has 2 aromatic carbocycles. The molecule has 6 atom stereocenters. The van der Waals surface area contributed by atoms with Crippen LogP contribution < -0.4 is 4.74 Å². The van der Waals surface area contributed by atoms with Gasteiger partial charge in [-0.15, -0.1) is 12.4 Å². The number of nitrogens with zero attached hydrogens (tertiary/aromatic N) is 2. The summed E-state index contributed by atoms with van der Waals surface area (Å²) in [5.74, 6) is -2.31. The van der Waals surface area contributed by atoms with E-state index in [1.54, 1.807) is 6.92 Å². The van der Waals surface area contributed by atoms with E-state index < -0.39 is 82.6 Å². The van der Waals surface area contributed by atoms with E-state index in [0.717, 1.165) is 38.2 Å². The summed E-state index contributed by atoms with van der Waals surface area (Å²) >= 11 is 0. The maximum absolute atomic E-state index is 13.9. The summed E-state index contributed by atoms with van der Waals surface area (Å²) in [5, 5.41) is 45.7. The smallest absolute Gasteiger partial charge is 0.202 e. The van der Waals surface area contributed by atoms with E-state index in [2.05, 4.69) is 4.90 Å². The third kappa shape index (κ3) is 5.91. The molecule has 2 saturated heterocycles. The normalized spacial score (nSPS) is 28.9. The van der Waals surface area contributed by atoms with E-state index in [0.29, 0.717) is 0 Å². The number of methoxy groups -OCH3 is 1. The second kappa shape index (κ2) is 13.2. The van der Waals surface area contributed by atoms with E-state index in [9.17, 15) is 34.8 Å². The average Bonchev–Trinajstić information content (AvgIpc) is 3.03. The van der Waals surface area contributed by atoms with Gasteiger partial charge in [0.1, 0.15) is 29.0 Å². The summed E-state index contributed by atoms with van der Waals surface area (Å²) in [6.07, 6.45) is -1.16. The second-order valence-corrected chi connectivity index (χ2v) is 12.8. The zero-order chi connectivity index (χ0) is 33.1. The van der Waals surface area contributed by atoms with Crippen LogP contribution in [0.2, 0.25) is 0 Å². The van der Waals surface area contributed by atoms with Gasteiger partial charge in [0.2, 0.25) is 5.78 Å². The summed E-state index contributed by atoms with van der Waals surface area (Å²) in [4.78, 5) is 47.3. The molecule has 2 aliphatic heterocycles. The van der Waals surface area contributed by atoms with E-state index in [1.807, 2.05) is 6.92 Å². The molecule has 0 spiro atoms. The van der Waals surface area contributed by atoms with E-state index in [-0.39, 0.29) is 53.3 Å². The number of ketones is 3. The van der Waals surface area contributed by atoms with Crippen LogP contribution in [-0.4, -0.2) is 98.9 Å². The Labute approximate surface area is 278 Å². The highest BCUT2D eigenvalue weighted by atomic mass is 35.5. The quantitative estimate of drug-likeness (QED) is 0.178. The number of aliphatic hydroxyl groups excluding tert-OH is 1. The van der Waals surface area contributed by atoms with Crippen molar-refractivity contribution in [2.75, 3.05) is 20.2 Å². The summed E-state index contributed by atoms with van der Waals surface area (Å²) in [5.41, 5.74) is -2.98. The largest absolute Gasteiger partial charge is 0.507 e. The molecule has 0 saturated carbocycles. The number of Topliss-reactive ketones (excluding diaryl/α,β-unsaturated/α-hetero) is 1. The minimum atomic E-state index is -2.01. The molecule has 2 aliphatic carbocycles. The lowest BCUT2D eigenvalue weighted by molar-refractivity contribution is -0.247. The molecule has 12 nitrogen and oxygen atoms in total. The number of phenols is 2. The molecular formula is C34H41ClN2O10. The van der Waals surface area contributed by atoms with Gasteiger partial charge < -0.3 is 39.5 Å². The van der Waals surface area contributed by atoms with Crippen molar-refractivity contribution in [2.45, 2.75) is 95.5 Å². The molecule has 4 N–H and O–H groups in total. The molecule has 0 bridgehead atoms. The van der Waals surface area contributed by atoms with Crippen molar-refractivity contribution in [1.82, 2.24) is 4.90 Å². The number of ether oxygens (including phenoxy) is 3. The van der Waals surface area contributed by atoms with Gasteiger partial charge in [-0.3, -0.25) is 19.4 Å². The SMILES string of the molecule is COc1cccc2c1C(=O)c1c(O)c3c(c(O)c1C2=O)CC(O)(C(C)=O)C[C@@H]3OC1C[C@H](N=C(C)N2CCCCC2)C(O)C(C)O1.Cl. The number of phenolic OH excluding ortho intramolecular Hbond substituents is 2. The third-order valence-electron chi connectivity index (χ3n) is 9.89. The summed E-state index contributed by atoms with van der Waals surface area (Å²) < 4.78 is 17.7. The number of halogens is 1. The van der Waals surface area contributed by atoms with Crippen LogP contribution in [0.5, 0.6) is 17.2 Å². The van der Waals surface area contributed by atoms with Crippen molar-refractivity contribution in [3.8, 4) is 17.2 Å². The molecule has 47 heavy (non-hydrogen) atoms. The Balaban J connectivity index is 0.00000433. The Morgan fingerprint density at radius 1 is 1.04 bits per heavy atom. The molecule has 4 unspecified atom stereocenters. The number of carbonyl (C=O) groups is 3. The van der Waals surface area contributed by atoms with Crippen LogP contribution in [0.3, 0.4) is 0 Å². The monoisotopic (exact) mass is 672 g/mol. The van der Waals surface area contributed by atoms with Crippen LogP contribution in [0.25, 0.3) is 0 Å². The molecule has 4 aliphatic rings. The van der Waals surface area contributed by atoms with Crippen LogP contribution in [0, 0.1) is 0 Å². The molecule has 2 fully saturated rings. The maximum atomic E-state index is 13.9. The van der Waals surface area contributed by atoms with Crippen LogP contribution in [-0.2, 0) is 20.7 Å². The van der Waals surface area contributed by atoms with Gasteiger partial charge >= 0.3 is 0 Å². The fraction of sp³-hybridized carbons (Fsp3) is 0.529. The number of amidine groups is 1. The molecule has 254 valence electrons. The van der Waals surface area contributed by atoms with Gasteiger partial charge in [-0.2, -0.15) is 0 Å². The lowest BCUT2D eigenvalue weighted by atomic mass is 9.72. The molecule has 0 aromatic heterocycles. The van der Waals surface area contributed by atoms with Crippen molar-refractivity contribution in [3.05, 3.63) is 51.6 Å². The predicted octanol–water partition coefficient (Wildman–Crippen LogP) is 3.40. The summed E-state index contributed by atoms with van der Waals surface area (Å²) in [7, 11) is 1.35. The van der Waals surface area contributed by atoms with Gasteiger partial charge in [0.05, 0.1) is 47.9 Å². The molecule has 0 amide bonds. The Morgan fingerprint density at radius 2 is 1.72 bits per heavy atom. The first-order valence-electron chi connectivity index (χ1n) is 15.7. The first-order chi connectivity index (χ1) is 21.9. The fourth-order valence-electron chi connectivity index (χ4n) is 7.27. The lowest BCUT2D eigenvalue weighted by Gasteiger charge is -2.42. The topological polar surface area (TPSA) is 175 Å². The summed E-state index contributed by atoms with van der Waals surface area (Å²) in [6.45, 7) is 6.58. The molecule has 13 heteroatoms. The number of carbonyl (C=O) groups excluding carboxylic acids is 3. The van der Waals surface area contributed by atoms with Crippen molar-refractivity contribution < 1.29 is 49.0 Å². The van der Waals surface area contributed by atoms with Crippen molar-refractivity contribution >= 4 is 35.6 Å². The maximum Gasteiger partial charge on any atom is 0.202 e. The molecular weight excluding hydrogens is 632 g/mol. The van der Waals surface area contributed by atoms with Gasteiger partial charge in [-0.25, -0.2) is 0 Å². The zero-order valence-corrected chi connectivity index (χ0v) is 27.6. The Bertz CT molecular complexity index is 1640. The number of aromatic hydroxyl groups is 2. The Kier molecular flexibility index (Phi) is 9.74. The van der Waals surface area contributed by atoms with Gasteiger partial charge in [0.15, 0.2) is 17.9 Å². The lowest BCUT2D eigenvalue weighted by Crippen LogP contribution is -2.49. The minimum absolute atomic E-state index is 0. The van der Waals surface area contributed by atoms with Crippen LogP contribution in [0.1, 0.15) is 102 Å². The molecule has 2 heterocycles. The highest BCUT2D eigenvalue weighted by Gasteiger charge is 2.49. The van der Waals surface area contributed by atoms with Gasteiger partial charge in [-0.1, -0.05) is 12.1 Å². The number of hydrogen-bond acceptors (Lipinski definition) is 11. The van der Waals surface area contributed by atoms with Gasteiger partial charge in [0.25, 0.3) is 0 Å². The second-order valence-electron chi connectivity index (χ2n) is 12.8. The number of likely N-dealkylation sites (tertiary alicyclic amines) is 1. The number of fused-ring (bicyclic) bond motifs is 3. The number of piperidine rings is 1. The zero-order valence-electron chi connectivity index (χ0n) is 26.8. The number of rotatable bonds is 5. The van der Waals surface area contributed by atoms with Crippen LogP contribution >= 0.6 is 12.4 Å². The van der Waals surface area contributed by atoms with Gasteiger partial charge in [-0.05, 0) is 46.1 Å². The average molecular weight is 673 g/mol. The van der Waals surface area contributed by atoms with Crippen molar-refractivity contribution in [2.24, 2.45) is 4.99 Å². The van der Waals surface area contributed by atoms with Crippen LogP contribution in [0.15, 0.2) is 23.2 Å². The number of aliphatic imine (C=N–C) groups is 1. The van der Waals surface area contributed by atoms with Crippen LogP contribution in [0.4, 0.5) is 0 Å². The molecule has 6 rings (SSSR count). The highest BCUT2D eigenvalue weighted by molar-refractivity contribution is 6.31. The standard InChI is InChI=1S/C34H40N2O10.ClH/c1-16-29(38)21(35-18(3)36-11-6-5-7-12-36)13-24(45-16)46-23-15-34(43,17(2)37)14-20-26(23)33(42)28-27(31(20)40)30(39)19-9-8-10-22(44-4)25(19)32(28)41;/h8-10,16,21,23-24,29,38,40,42-43H,5-7,11-15H2,1-4H3;1H/t16?,21-,23-,24?,29?,34?;/m0./s1. The molecule has 2 aromatic rings. The van der Waals surface area contributed by atoms with Crippen molar-refractivity contribution in [1.29, 1.82) is 0 Å². The first kappa shape index (κ1) is 34.8. The van der Waals surface area contributed by atoms with E-state index in [1.165, 1.54) is 32.2 Å². The van der Waals surface area contributed by atoms with Gasteiger partial charge in [0, 0.05) is 49.0 Å². The molecule has 0 radical (unpaired) electrons. The third-order valence-corrected chi connectivity index (χ3v) is 9.89. The summed E-state index contributed by atoms with van der Waals surface area (Å²) in [6, 6.07) is 3.90. The van der Waals surface area contributed by atoms with Crippen molar-refractivity contribution in [3.63, 3.8) is 0 Å². The Morgan fingerprint density at radius 3 is 2.38 bits per heavy atom. The number of benzene rings is 2.